The first-order chi connectivity index (χ1) is 6.33. The molecule has 2 heteroatoms. The minimum Gasteiger partial charge on any atom is -0.348 e. The molecular weight excluding hydrogens is 182 g/mol. The molecule has 0 aromatic carbocycles. The highest BCUT2D eigenvalue weighted by Gasteiger charge is 2.21. The van der Waals surface area contributed by atoms with E-state index in [9.17, 15) is 0 Å². The van der Waals surface area contributed by atoms with Crippen LogP contribution in [0.5, 0.6) is 0 Å². The van der Waals surface area contributed by atoms with Crippen LogP contribution in [-0.4, -0.2) is 16.8 Å². The number of allylic oxidation sites excluding steroid dienone is 2. The average Bonchev–Trinajstić information content (AvgIpc) is 2.66. The van der Waals surface area contributed by atoms with Crippen molar-refractivity contribution in [2.75, 3.05) is 5.88 Å². The molecule has 1 fully saturated rings. The van der Waals surface area contributed by atoms with Crippen LogP contribution < -0.4 is 0 Å². The van der Waals surface area contributed by atoms with Gasteiger partial charge in [0.15, 0.2) is 0 Å². The van der Waals surface area contributed by atoms with Gasteiger partial charge in [0.05, 0.1) is 5.88 Å². The molecular formula is C11H18ClN. The standard InChI is InChI=1S/C11H18ClN/c1-3-10(9-12)13(4-2)11-7-5-6-8-11/h3-4,11H,2,5-9H2,1H3/b10-3-. The molecule has 0 aromatic rings. The lowest BCUT2D eigenvalue weighted by Gasteiger charge is -2.28. The van der Waals surface area contributed by atoms with Crippen LogP contribution >= 0.6 is 11.6 Å². The lowest BCUT2D eigenvalue weighted by Crippen LogP contribution is -2.27. The fourth-order valence-corrected chi connectivity index (χ4v) is 2.27. The fourth-order valence-electron chi connectivity index (χ4n) is 1.98. The van der Waals surface area contributed by atoms with Crippen LogP contribution in [0.25, 0.3) is 0 Å². The summed E-state index contributed by atoms with van der Waals surface area (Å²) in [6, 6.07) is 0.641. The number of nitrogens with zero attached hydrogens (tertiary/aromatic N) is 1. The van der Waals surface area contributed by atoms with Crippen LogP contribution in [0.1, 0.15) is 32.6 Å². The Morgan fingerprint density at radius 2 is 2.15 bits per heavy atom. The molecule has 13 heavy (non-hydrogen) atoms. The second-order valence-corrected chi connectivity index (χ2v) is 3.71. The van der Waals surface area contributed by atoms with Gasteiger partial charge in [-0.2, -0.15) is 0 Å². The third-order valence-electron chi connectivity index (χ3n) is 2.72. The Kier molecular flexibility index (Phi) is 4.37. The normalized spacial score (nSPS) is 19.1. The molecule has 1 rings (SSSR count). The SMILES string of the molecule is C=CN(/C(=C\C)CCl)C1CCCC1. The van der Waals surface area contributed by atoms with Gasteiger partial charge in [-0.15, -0.1) is 11.6 Å². The third kappa shape index (κ3) is 2.50. The molecule has 0 amide bonds. The Labute approximate surface area is 86.1 Å². The van der Waals surface area contributed by atoms with E-state index in [0.29, 0.717) is 11.9 Å². The smallest absolute Gasteiger partial charge is 0.0623 e. The van der Waals surface area contributed by atoms with E-state index in [1.165, 1.54) is 31.4 Å². The minimum atomic E-state index is 0.582. The van der Waals surface area contributed by atoms with Crippen molar-refractivity contribution in [1.82, 2.24) is 4.90 Å². The van der Waals surface area contributed by atoms with E-state index in [-0.39, 0.29) is 0 Å². The van der Waals surface area contributed by atoms with E-state index in [0.717, 1.165) is 0 Å². The zero-order valence-electron chi connectivity index (χ0n) is 8.30. The van der Waals surface area contributed by atoms with Crippen LogP contribution in [0, 0.1) is 0 Å². The van der Waals surface area contributed by atoms with Gasteiger partial charge in [0, 0.05) is 11.7 Å². The molecule has 0 atom stereocenters. The summed E-state index contributed by atoms with van der Waals surface area (Å²) in [6.07, 6.45) is 9.23. The highest BCUT2D eigenvalue weighted by Crippen LogP contribution is 2.26. The molecule has 1 nitrogen and oxygen atoms in total. The van der Waals surface area contributed by atoms with Crippen molar-refractivity contribution >= 4 is 11.6 Å². The van der Waals surface area contributed by atoms with Crippen molar-refractivity contribution in [2.45, 2.75) is 38.6 Å². The fraction of sp³-hybridized carbons (Fsp3) is 0.636. The Bertz CT molecular complexity index is 192. The van der Waals surface area contributed by atoms with Crippen molar-refractivity contribution < 1.29 is 0 Å². The Balaban J connectivity index is 2.64. The molecule has 0 spiro atoms. The molecule has 0 heterocycles. The van der Waals surface area contributed by atoms with E-state index >= 15 is 0 Å². The maximum atomic E-state index is 5.86. The molecule has 0 aromatic heterocycles. The summed E-state index contributed by atoms with van der Waals surface area (Å²) < 4.78 is 0. The highest BCUT2D eigenvalue weighted by molar-refractivity contribution is 6.19. The number of alkyl halides is 1. The molecule has 0 radical (unpaired) electrons. The van der Waals surface area contributed by atoms with Gasteiger partial charge in [0.25, 0.3) is 0 Å². The first-order valence-corrected chi connectivity index (χ1v) is 5.49. The molecule has 0 aliphatic heterocycles. The van der Waals surface area contributed by atoms with Gasteiger partial charge in [-0.1, -0.05) is 25.5 Å². The molecule has 0 bridgehead atoms. The maximum absolute atomic E-state index is 5.86. The molecule has 1 aliphatic carbocycles. The van der Waals surface area contributed by atoms with E-state index in [4.69, 9.17) is 11.6 Å². The first-order valence-electron chi connectivity index (χ1n) is 4.95. The molecule has 0 unspecified atom stereocenters. The summed E-state index contributed by atoms with van der Waals surface area (Å²) in [5.74, 6) is 0.582. The van der Waals surface area contributed by atoms with Gasteiger partial charge in [0.1, 0.15) is 0 Å². The van der Waals surface area contributed by atoms with E-state index in [1.807, 2.05) is 13.1 Å². The minimum absolute atomic E-state index is 0.582. The van der Waals surface area contributed by atoms with Crippen LogP contribution in [0.3, 0.4) is 0 Å². The summed E-state index contributed by atoms with van der Waals surface area (Å²) in [7, 11) is 0. The molecule has 1 aliphatic rings. The topological polar surface area (TPSA) is 3.24 Å². The second-order valence-electron chi connectivity index (χ2n) is 3.44. The zero-order valence-corrected chi connectivity index (χ0v) is 9.06. The molecule has 0 saturated heterocycles. The predicted octanol–water partition coefficient (Wildman–Crippen LogP) is 3.52. The number of halogens is 1. The summed E-state index contributed by atoms with van der Waals surface area (Å²) >= 11 is 5.86. The number of hydrogen-bond donors (Lipinski definition) is 0. The molecule has 0 N–H and O–H groups in total. The monoisotopic (exact) mass is 199 g/mol. The van der Waals surface area contributed by atoms with Gasteiger partial charge in [0.2, 0.25) is 0 Å². The van der Waals surface area contributed by atoms with E-state index < -0.39 is 0 Å². The first kappa shape index (κ1) is 10.6. The quantitative estimate of drug-likeness (QED) is 0.627. The largest absolute Gasteiger partial charge is 0.348 e. The predicted molar refractivity (Wildman–Crippen MR) is 58.8 cm³/mol. The van der Waals surface area contributed by atoms with Crippen molar-refractivity contribution in [3.8, 4) is 0 Å². The second kappa shape index (κ2) is 5.33. The van der Waals surface area contributed by atoms with Gasteiger partial charge in [-0.05, 0) is 26.0 Å². The number of hydrogen-bond acceptors (Lipinski definition) is 1. The summed E-state index contributed by atoms with van der Waals surface area (Å²) in [6.45, 7) is 5.88. The average molecular weight is 200 g/mol. The van der Waals surface area contributed by atoms with Gasteiger partial charge in [-0.3, -0.25) is 0 Å². The van der Waals surface area contributed by atoms with Crippen LogP contribution in [-0.2, 0) is 0 Å². The van der Waals surface area contributed by atoms with Crippen molar-refractivity contribution in [3.05, 3.63) is 24.6 Å². The molecule has 74 valence electrons. The van der Waals surface area contributed by atoms with Gasteiger partial charge >= 0.3 is 0 Å². The lowest BCUT2D eigenvalue weighted by molar-refractivity contribution is 0.345. The summed E-state index contributed by atoms with van der Waals surface area (Å²) in [5, 5.41) is 0. The van der Waals surface area contributed by atoms with Crippen molar-refractivity contribution in [2.24, 2.45) is 0 Å². The molecule has 1 saturated carbocycles. The maximum Gasteiger partial charge on any atom is 0.0623 e. The summed E-state index contributed by atoms with van der Waals surface area (Å²) in [5.41, 5.74) is 1.18. The zero-order chi connectivity index (χ0) is 9.68. The summed E-state index contributed by atoms with van der Waals surface area (Å²) in [4.78, 5) is 2.24. The van der Waals surface area contributed by atoms with Crippen LogP contribution in [0.2, 0.25) is 0 Å². The van der Waals surface area contributed by atoms with Crippen LogP contribution in [0.15, 0.2) is 24.6 Å². The van der Waals surface area contributed by atoms with Crippen LogP contribution in [0.4, 0.5) is 0 Å². The number of rotatable bonds is 4. The van der Waals surface area contributed by atoms with Gasteiger partial charge in [-0.25, -0.2) is 0 Å². The highest BCUT2D eigenvalue weighted by atomic mass is 35.5. The Morgan fingerprint density at radius 3 is 2.54 bits per heavy atom. The third-order valence-corrected chi connectivity index (χ3v) is 2.99. The van der Waals surface area contributed by atoms with Crippen molar-refractivity contribution in [1.29, 1.82) is 0 Å². The lowest BCUT2D eigenvalue weighted by atomic mass is 10.2. The van der Waals surface area contributed by atoms with E-state index in [1.54, 1.807) is 0 Å². The van der Waals surface area contributed by atoms with E-state index in [2.05, 4.69) is 17.6 Å². The Hall–Kier alpha value is -0.430. The van der Waals surface area contributed by atoms with Crippen molar-refractivity contribution in [3.63, 3.8) is 0 Å². The van der Waals surface area contributed by atoms with Gasteiger partial charge < -0.3 is 4.90 Å². The Morgan fingerprint density at radius 1 is 1.54 bits per heavy atom.